The van der Waals surface area contributed by atoms with E-state index < -0.39 is 0 Å². The number of aromatic nitrogens is 2. The van der Waals surface area contributed by atoms with Gasteiger partial charge in [0.1, 0.15) is 17.7 Å². The van der Waals surface area contributed by atoms with Gasteiger partial charge in [0.05, 0.1) is 11.0 Å². The van der Waals surface area contributed by atoms with E-state index in [4.69, 9.17) is 4.98 Å². The van der Waals surface area contributed by atoms with Gasteiger partial charge in [-0.1, -0.05) is 26.0 Å². The molecular weight excluding hydrogens is 403 g/mol. The van der Waals surface area contributed by atoms with Crippen LogP contribution in [0.5, 0.6) is 0 Å². The smallest absolute Gasteiger partial charge is 0.245 e. The second kappa shape index (κ2) is 9.41. The van der Waals surface area contributed by atoms with Crippen molar-refractivity contribution in [2.24, 2.45) is 0 Å². The van der Waals surface area contributed by atoms with E-state index in [1.165, 1.54) is 23.3 Å². The first kappa shape index (κ1) is 22.5. The Hall–Kier alpha value is -2.73. The molecule has 1 aliphatic heterocycles. The fourth-order valence-corrected chi connectivity index (χ4v) is 4.62. The molecule has 2 heterocycles. The highest BCUT2D eigenvalue weighted by molar-refractivity contribution is 5.85. The van der Waals surface area contributed by atoms with E-state index in [1.54, 1.807) is 12.1 Å². The molecule has 1 unspecified atom stereocenters. The first-order valence-corrected chi connectivity index (χ1v) is 11.6. The van der Waals surface area contributed by atoms with Crippen LogP contribution >= 0.6 is 0 Å². The average molecular weight is 437 g/mol. The molecule has 0 spiro atoms. The van der Waals surface area contributed by atoms with Gasteiger partial charge in [-0.25, -0.2) is 9.37 Å². The summed E-state index contributed by atoms with van der Waals surface area (Å²) in [5, 5.41) is 0. The maximum Gasteiger partial charge on any atom is 0.245 e. The number of imidazole rings is 1. The van der Waals surface area contributed by atoms with Gasteiger partial charge in [-0.15, -0.1) is 0 Å². The molecule has 3 aromatic rings. The zero-order valence-electron chi connectivity index (χ0n) is 19.6. The van der Waals surface area contributed by atoms with E-state index in [2.05, 4.69) is 49.3 Å². The molecule has 170 valence electrons. The van der Waals surface area contributed by atoms with E-state index in [9.17, 15) is 9.18 Å². The lowest BCUT2D eigenvalue weighted by atomic mass is 10.1. The minimum absolute atomic E-state index is 0.168. The third kappa shape index (κ3) is 4.42. The Bertz CT molecular complexity index is 1100. The molecule has 6 heteroatoms. The Labute approximate surface area is 189 Å². The van der Waals surface area contributed by atoms with Crippen molar-refractivity contribution in [1.82, 2.24) is 19.4 Å². The number of nitrogens with zero attached hydrogens (tertiary/aromatic N) is 4. The van der Waals surface area contributed by atoms with Gasteiger partial charge in [-0.2, -0.15) is 0 Å². The van der Waals surface area contributed by atoms with Gasteiger partial charge in [-0.3, -0.25) is 4.79 Å². The number of fused-ring (bicyclic) bond motifs is 1. The summed E-state index contributed by atoms with van der Waals surface area (Å²) in [6.45, 7) is 12.8. The molecular formula is C26H33FN4O. The zero-order chi connectivity index (χ0) is 22.8. The first-order chi connectivity index (χ1) is 15.4. The Balaban J connectivity index is 1.74. The van der Waals surface area contributed by atoms with Gasteiger partial charge in [0.2, 0.25) is 5.91 Å². The highest BCUT2D eigenvalue weighted by atomic mass is 19.1. The molecule has 1 amide bonds. The molecule has 5 nitrogen and oxygen atoms in total. The maximum atomic E-state index is 13.7. The van der Waals surface area contributed by atoms with Crippen molar-refractivity contribution in [2.45, 2.75) is 46.6 Å². The second-order valence-electron chi connectivity index (χ2n) is 8.81. The number of hydrogen-bond acceptors (Lipinski definition) is 3. The normalized spacial score (nSPS) is 16.0. The lowest BCUT2D eigenvalue weighted by molar-refractivity contribution is -0.136. The lowest BCUT2D eigenvalue weighted by Gasteiger charge is -2.36. The first-order valence-electron chi connectivity index (χ1n) is 11.6. The van der Waals surface area contributed by atoms with Crippen LogP contribution in [0.4, 0.5) is 4.39 Å². The predicted molar refractivity (Wildman–Crippen MR) is 126 cm³/mol. The van der Waals surface area contributed by atoms with Gasteiger partial charge >= 0.3 is 0 Å². The number of likely N-dealkylation sites (N-methyl/N-ethyl adjacent to an activating group) is 1. The fraction of sp³-hybridized carbons (Fsp3) is 0.462. The van der Waals surface area contributed by atoms with Crippen LogP contribution in [0.25, 0.3) is 11.0 Å². The van der Waals surface area contributed by atoms with Gasteiger partial charge in [0.15, 0.2) is 0 Å². The van der Waals surface area contributed by atoms with E-state index in [-0.39, 0.29) is 17.8 Å². The summed E-state index contributed by atoms with van der Waals surface area (Å²) in [7, 11) is 0. The molecule has 1 aromatic heterocycles. The van der Waals surface area contributed by atoms with E-state index in [0.717, 1.165) is 55.1 Å². The summed E-state index contributed by atoms with van der Waals surface area (Å²) in [5.41, 5.74) is 5.26. The highest BCUT2D eigenvalue weighted by Crippen LogP contribution is 2.29. The van der Waals surface area contributed by atoms with Crippen molar-refractivity contribution in [3.05, 3.63) is 64.7 Å². The molecule has 0 saturated carbocycles. The molecule has 0 N–H and O–H groups in total. The Kier molecular flexibility index (Phi) is 6.60. The number of piperazine rings is 1. The van der Waals surface area contributed by atoms with Crippen molar-refractivity contribution in [3.8, 4) is 0 Å². The Morgan fingerprint density at radius 2 is 1.69 bits per heavy atom. The quantitative estimate of drug-likeness (QED) is 0.571. The minimum Gasteiger partial charge on any atom is -0.338 e. The number of carbonyl (C=O) groups is 1. The van der Waals surface area contributed by atoms with Crippen molar-refractivity contribution < 1.29 is 9.18 Å². The van der Waals surface area contributed by atoms with E-state index in [0.29, 0.717) is 12.8 Å². The number of hydrogen-bond donors (Lipinski definition) is 0. The molecule has 1 saturated heterocycles. The molecule has 4 rings (SSSR count). The summed E-state index contributed by atoms with van der Waals surface area (Å²) in [6.07, 6.45) is 1.25. The van der Waals surface area contributed by atoms with Crippen LogP contribution in [0.2, 0.25) is 0 Å². The van der Waals surface area contributed by atoms with Crippen LogP contribution in [0, 0.1) is 19.7 Å². The third-order valence-corrected chi connectivity index (χ3v) is 6.77. The largest absolute Gasteiger partial charge is 0.338 e. The number of carbonyl (C=O) groups excluding carboxylic acids is 1. The number of aryl methyl sites for hydroxylation is 2. The maximum absolute atomic E-state index is 13.7. The number of amides is 1. The lowest BCUT2D eigenvalue weighted by Crippen LogP contribution is -2.50. The van der Waals surface area contributed by atoms with Crippen molar-refractivity contribution >= 4 is 16.9 Å². The number of halogens is 1. The number of benzene rings is 2. The van der Waals surface area contributed by atoms with Crippen LogP contribution in [0.3, 0.4) is 0 Å². The van der Waals surface area contributed by atoms with Crippen LogP contribution in [-0.4, -0.2) is 58.0 Å². The zero-order valence-corrected chi connectivity index (χ0v) is 19.6. The van der Waals surface area contributed by atoms with E-state index in [1.807, 2.05) is 4.90 Å². The summed E-state index contributed by atoms with van der Waals surface area (Å²) < 4.78 is 15.6. The molecule has 0 aliphatic carbocycles. The summed E-state index contributed by atoms with van der Waals surface area (Å²) >= 11 is 0. The van der Waals surface area contributed by atoms with Crippen molar-refractivity contribution in [1.29, 1.82) is 0 Å². The van der Waals surface area contributed by atoms with Gasteiger partial charge in [0.25, 0.3) is 0 Å². The molecule has 32 heavy (non-hydrogen) atoms. The molecule has 1 fully saturated rings. The van der Waals surface area contributed by atoms with Crippen LogP contribution in [0.15, 0.2) is 36.4 Å². The number of rotatable bonds is 6. The fourth-order valence-electron chi connectivity index (χ4n) is 4.62. The molecule has 1 aliphatic rings. The summed E-state index contributed by atoms with van der Waals surface area (Å²) in [6, 6.07) is 10.5. The topological polar surface area (TPSA) is 41.4 Å². The average Bonchev–Trinajstić information content (AvgIpc) is 3.12. The van der Waals surface area contributed by atoms with Crippen LogP contribution in [0.1, 0.15) is 48.8 Å². The van der Waals surface area contributed by atoms with Crippen LogP contribution in [-0.2, 0) is 11.2 Å². The molecule has 1 atom stereocenters. The predicted octanol–water partition coefficient (Wildman–Crippen LogP) is 4.50. The van der Waals surface area contributed by atoms with Gasteiger partial charge < -0.3 is 14.4 Å². The highest BCUT2D eigenvalue weighted by Gasteiger charge is 2.30. The van der Waals surface area contributed by atoms with Crippen LogP contribution < -0.4 is 0 Å². The monoisotopic (exact) mass is 436 g/mol. The Morgan fingerprint density at radius 1 is 1.03 bits per heavy atom. The second-order valence-corrected chi connectivity index (χ2v) is 8.81. The van der Waals surface area contributed by atoms with Crippen molar-refractivity contribution in [2.75, 3.05) is 32.7 Å². The van der Waals surface area contributed by atoms with Crippen molar-refractivity contribution in [3.63, 3.8) is 0 Å². The van der Waals surface area contributed by atoms with E-state index >= 15 is 0 Å². The molecule has 2 aromatic carbocycles. The molecule has 0 bridgehead atoms. The Morgan fingerprint density at radius 3 is 2.31 bits per heavy atom. The minimum atomic E-state index is -0.300. The summed E-state index contributed by atoms with van der Waals surface area (Å²) in [5.74, 6) is 0.770. The molecule has 0 radical (unpaired) electrons. The van der Waals surface area contributed by atoms with Gasteiger partial charge in [0, 0.05) is 32.6 Å². The standard InChI is InChI=1S/C26H33FN4O/c1-5-23(26(32)30-13-11-29(6-2)12-14-30)31-24-16-19(4)18(3)15-22(24)28-25(31)17-20-7-9-21(27)10-8-20/h7-10,15-16,23H,5-6,11-14,17H2,1-4H3. The third-order valence-electron chi connectivity index (χ3n) is 6.77. The summed E-state index contributed by atoms with van der Waals surface area (Å²) in [4.78, 5) is 23.0. The SMILES string of the molecule is CCC(C(=O)N1CCN(CC)CC1)n1c(Cc2ccc(F)cc2)nc2cc(C)c(C)cc21. The van der Waals surface area contributed by atoms with Gasteiger partial charge in [-0.05, 0) is 67.8 Å².